The van der Waals surface area contributed by atoms with Gasteiger partial charge in [-0.25, -0.2) is 0 Å². The largest absolute Gasteiger partial charge is 0.508 e. The van der Waals surface area contributed by atoms with Gasteiger partial charge in [0.2, 0.25) is 0 Å². The molecule has 1 aliphatic rings. The van der Waals surface area contributed by atoms with E-state index in [1.165, 1.54) is 19.3 Å². The molecular weight excluding hydrogens is 418 g/mol. The number of halogens is 1. The fourth-order valence-corrected chi connectivity index (χ4v) is 3.79. The number of aryl methyl sites for hydroxylation is 1. The summed E-state index contributed by atoms with van der Waals surface area (Å²) in [6.45, 7) is 3.50. The van der Waals surface area contributed by atoms with E-state index in [1.807, 2.05) is 12.1 Å². The number of ketones is 1. The van der Waals surface area contributed by atoms with E-state index >= 15 is 0 Å². The monoisotopic (exact) mass is 449 g/mol. The van der Waals surface area contributed by atoms with Crippen LogP contribution in [0.3, 0.4) is 0 Å². The Morgan fingerprint density at radius 3 is 2.26 bits per heavy atom. The molecule has 6 nitrogen and oxygen atoms in total. The van der Waals surface area contributed by atoms with Crippen LogP contribution in [0.4, 0.5) is 0 Å². The maximum Gasteiger partial charge on any atom is 0.175 e. The molecule has 0 radical (unpaired) electrons. The molecule has 0 aromatic heterocycles. The SMILES string of the molecule is COc1ccc(OC)c(C(=O)CCc2ccc(O)cc2)c1OCCN1CCCCC1.Cl. The molecule has 31 heavy (non-hydrogen) atoms. The molecule has 0 aliphatic carbocycles. The summed E-state index contributed by atoms with van der Waals surface area (Å²) in [5.74, 6) is 1.61. The number of nitrogens with zero attached hydrogens (tertiary/aromatic N) is 1. The van der Waals surface area contributed by atoms with Crippen LogP contribution in [0, 0.1) is 0 Å². The Labute approximate surface area is 190 Å². The lowest BCUT2D eigenvalue weighted by atomic mass is 10.0. The van der Waals surface area contributed by atoms with Crippen LogP contribution in [0.2, 0.25) is 0 Å². The van der Waals surface area contributed by atoms with E-state index in [9.17, 15) is 9.90 Å². The van der Waals surface area contributed by atoms with Gasteiger partial charge >= 0.3 is 0 Å². The minimum atomic E-state index is -0.0632. The molecule has 0 saturated carbocycles. The molecule has 1 N–H and O–H groups in total. The number of piperidine rings is 1. The molecule has 0 atom stereocenters. The van der Waals surface area contributed by atoms with Gasteiger partial charge in [0.05, 0.1) is 14.2 Å². The van der Waals surface area contributed by atoms with Crippen LogP contribution < -0.4 is 14.2 Å². The second-order valence-corrected chi connectivity index (χ2v) is 7.51. The summed E-state index contributed by atoms with van der Waals surface area (Å²) < 4.78 is 17.0. The van der Waals surface area contributed by atoms with Crippen LogP contribution in [0.1, 0.15) is 41.6 Å². The maximum atomic E-state index is 13.1. The van der Waals surface area contributed by atoms with Gasteiger partial charge in [-0.3, -0.25) is 9.69 Å². The zero-order valence-corrected chi connectivity index (χ0v) is 19.1. The molecule has 3 rings (SSSR count). The Morgan fingerprint density at radius 1 is 0.968 bits per heavy atom. The number of benzene rings is 2. The number of carbonyl (C=O) groups excluding carboxylic acids is 1. The highest BCUT2D eigenvalue weighted by atomic mass is 35.5. The number of rotatable bonds is 10. The summed E-state index contributed by atoms with van der Waals surface area (Å²) in [5, 5.41) is 9.43. The number of methoxy groups -OCH3 is 2. The minimum Gasteiger partial charge on any atom is -0.508 e. The molecule has 1 heterocycles. The number of hydrogen-bond donors (Lipinski definition) is 1. The van der Waals surface area contributed by atoms with Crippen molar-refractivity contribution < 1.29 is 24.1 Å². The van der Waals surface area contributed by atoms with Crippen molar-refractivity contribution in [3.8, 4) is 23.0 Å². The second kappa shape index (κ2) is 12.4. The van der Waals surface area contributed by atoms with Gasteiger partial charge in [-0.15, -0.1) is 12.4 Å². The first-order valence-electron chi connectivity index (χ1n) is 10.5. The van der Waals surface area contributed by atoms with Gasteiger partial charge in [-0.2, -0.15) is 0 Å². The molecule has 0 unspecified atom stereocenters. The predicted molar refractivity (Wildman–Crippen MR) is 123 cm³/mol. The smallest absolute Gasteiger partial charge is 0.175 e. The third-order valence-electron chi connectivity index (χ3n) is 5.48. The summed E-state index contributed by atoms with van der Waals surface area (Å²) in [4.78, 5) is 15.5. The molecule has 1 saturated heterocycles. The molecule has 1 fully saturated rings. The summed E-state index contributed by atoms with van der Waals surface area (Å²) in [6, 6.07) is 10.4. The number of phenolic OH excluding ortho intramolecular Hbond substituents is 1. The highest BCUT2D eigenvalue weighted by Gasteiger charge is 2.23. The second-order valence-electron chi connectivity index (χ2n) is 7.51. The quantitative estimate of drug-likeness (QED) is 0.538. The van der Waals surface area contributed by atoms with Crippen LogP contribution in [0.5, 0.6) is 23.0 Å². The van der Waals surface area contributed by atoms with E-state index in [2.05, 4.69) is 4.90 Å². The first-order valence-corrected chi connectivity index (χ1v) is 10.5. The van der Waals surface area contributed by atoms with Gasteiger partial charge < -0.3 is 19.3 Å². The molecular formula is C24H32ClNO5. The molecule has 7 heteroatoms. The van der Waals surface area contributed by atoms with Crippen molar-refractivity contribution in [2.24, 2.45) is 0 Å². The van der Waals surface area contributed by atoms with Crippen LogP contribution in [-0.4, -0.2) is 56.3 Å². The number of phenols is 1. The maximum absolute atomic E-state index is 13.1. The van der Waals surface area contributed by atoms with E-state index < -0.39 is 0 Å². The van der Waals surface area contributed by atoms with Crippen molar-refractivity contribution in [2.75, 3.05) is 40.5 Å². The van der Waals surface area contributed by atoms with E-state index in [1.54, 1.807) is 38.5 Å². The zero-order valence-electron chi connectivity index (χ0n) is 18.3. The number of ether oxygens (including phenoxy) is 3. The van der Waals surface area contributed by atoms with Crippen molar-refractivity contribution in [3.05, 3.63) is 47.5 Å². The average Bonchev–Trinajstić information content (AvgIpc) is 2.78. The Morgan fingerprint density at radius 2 is 1.61 bits per heavy atom. The van der Waals surface area contributed by atoms with Crippen LogP contribution in [-0.2, 0) is 6.42 Å². The van der Waals surface area contributed by atoms with E-state index in [0.29, 0.717) is 42.3 Å². The number of hydrogen-bond acceptors (Lipinski definition) is 6. The van der Waals surface area contributed by atoms with Crippen LogP contribution in [0.25, 0.3) is 0 Å². The summed E-state index contributed by atoms with van der Waals surface area (Å²) in [5.41, 5.74) is 1.41. The first kappa shape index (κ1) is 24.8. The fraction of sp³-hybridized carbons (Fsp3) is 0.458. The highest BCUT2D eigenvalue weighted by molar-refractivity contribution is 6.02. The standard InChI is InChI=1S/C24H31NO5.ClH/c1-28-21-12-13-22(29-2)24(30-17-16-25-14-4-3-5-15-25)23(21)20(27)11-8-18-6-9-19(26)10-7-18;/h6-7,9-10,12-13,26H,3-5,8,11,14-17H2,1-2H3;1H. The van der Waals surface area contributed by atoms with Crippen LogP contribution in [0.15, 0.2) is 36.4 Å². The van der Waals surface area contributed by atoms with Gasteiger partial charge in [0.25, 0.3) is 0 Å². The third-order valence-corrected chi connectivity index (χ3v) is 5.48. The lowest BCUT2D eigenvalue weighted by Gasteiger charge is -2.26. The van der Waals surface area contributed by atoms with E-state index in [4.69, 9.17) is 14.2 Å². The Kier molecular flexibility index (Phi) is 9.95. The zero-order chi connectivity index (χ0) is 21.3. The Hall–Kier alpha value is -2.44. The average molecular weight is 450 g/mol. The van der Waals surface area contributed by atoms with Gasteiger partial charge in [-0.05, 0) is 62.2 Å². The van der Waals surface area contributed by atoms with Gasteiger partial charge in [0.15, 0.2) is 17.3 Å². The van der Waals surface area contributed by atoms with Crippen molar-refractivity contribution in [1.82, 2.24) is 4.90 Å². The summed E-state index contributed by atoms with van der Waals surface area (Å²) in [6.07, 6.45) is 4.61. The van der Waals surface area contributed by atoms with E-state index in [0.717, 1.165) is 25.2 Å². The predicted octanol–water partition coefficient (Wildman–Crippen LogP) is 4.51. The molecule has 1 aliphatic heterocycles. The Balaban J connectivity index is 0.00000341. The first-order chi connectivity index (χ1) is 14.6. The van der Waals surface area contributed by atoms with Gasteiger partial charge in [0.1, 0.15) is 23.7 Å². The van der Waals surface area contributed by atoms with Crippen molar-refractivity contribution in [3.63, 3.8) is 0 Å². The lowest BCUT2D eigenvalue weighted by molar-refractivity contribution is 0.0973. The lowest BCUT2D eigenvalue weighted by Crippen LogP contribution is -2.33. The fourth-order valence-electron chi connectivity index (χ4n) is 3.79. The third kappa shape index (κ3) is 6.77. The molecule has 0 bridgehead atoms. The molecule has 2 aromatic rings. The molecule has 170 valence electrons. The number of aromatic hydroxyl groups is 1. The minimum absolute atomic E-state index is 0. The summed E-state index contributed by atoms with van der Waals surface area (Å²) in [7, 11) is 3.13. The van der Waals surface area contributed by atoms with Gasteiger partial charge in [-0.1, -0.05) is 18.6 Å². The molecule has 0 spiro atoms. The van der Waals surface area contributed by atoms with E-state index in [-0.39, 0.29) is 23.9 Å². The molecule has 2 aromatic carbocycles. The summed E-state index contributed by atoms with van der Waals surface area (Å²) >= 11 is 0. The Bertz CT molecular complexity index is 835. The van der Waals surface area contributed by atoms with Crippen LogP contribution >= 0.6 is 12.4 Å². The van der Waals surface area contributed by atoms with Crippen molar-refractivity contribution in [2.45, 2.75) is 32.1 Å². The number of Topliss-reactive ketones (excluding diaryl/α,β-unsaturated/α-hetero) is 1. The normalized spacial score (nSPS) is 13.9. The number of likely N-dealkylation sites (tertiary alicyclic amines) is 1. The van der Waals surface area contributed by atoms with Crippen molar-refractivity contribution in [1.29, 1.82) is 0 Å². The van der Waals surface area contributed by atoms with Crippen molar-refractivity contribution >= 4 is 18.2 Å². The topological polar surface area (TPSA) is 68.2 Å². The van der Waals surface area contributed by atoms with Gasteiger partial charge in [0, 0.05) is 13.0 Å². The molecule has 0 amide bonds. The highest BCUT2D eigenvalue weighted by Crippen LogP contribution is 2.38. The number of carbonyl (C=O) groups is 1.